The molecule has 0 aliphatic heterocycles. The highest BCUT2D eigenvalue weighted by Gasteiger charge is 2.22. The topological polar surface area (TPSA) is 110 Å². The van der Waals surface area contributed by atoms with Gasteiger partial charge in [-0.25, -0.2) is 8.42 Å². The first-order valence-electron chi connectivity index (χ1n) is 8.51. The molecule has 0 saturated carbocycles. The van der Waals surface area contributed by atoms with Crippen molar-refractivity contribution in [3.05, 3.63) is 40.4 Å². The van der Waals surface area contributed by atoms with Crippen LogP contribution >= 0.6 is 0 Å². The molecule has 10 heteroatoms. The van der Waals surface area contributed by atoms with Crippen LogP contribution in [0.2, 0.25) is 0 Å². The van der Waals surface area contributed by atoms with Crippen LogP contribution in [0.1, 0.15) is 32.5 Å². The SMILES string of the molecule is CCN(CC)S(=O)(=O)c1ccc(=O)n(Cc2nc(CC(C)NC)no2)c1. The lowest BCUT2D eigenvalue weighted by molar-refractivity contribution is 0.362. The number of hydrogen-bond acceptors (Lipinski definition) is 7. The van der Waals surface area contributed by atoms with Gasteiger partial charge in [0.05, 0.1) is 4.90 Å². The Kier molecular flexibility index (Phi) is 6.68. The van der Waals surface area contributed by atoms with Crippen molar-refractivity contribution in [2.24, 2.45) is 0 Å². The third-order valence-electron chi connectivity index (χ3n) is 4.10. The molecule has 0 radical (unpaired) electrons. The van der Waals surface area contributed by atoms with Gasteiger partial charge < -0.3 is 14.4 Å². The first-order chi connectivity index (χ1) is 12.3. The highest BCUT2D eigenvalue weighted by atomic mass is 32.2. The lowest BCUT2D eigenvalue weighted by atomic mass is 10.2. The minimum Gasteiger partial charge on any atom is -0.337 e. The molecule has 26 heavy (non-hydrogen) atoms. The third kappa shape index (κ3) is 4.57. The minimum atomic E-state index is -3.65. The highest BCUT2D eigenvalue weighted by Crippen LogP contribution is 2.14. The molecule has 0 aliphatic carbocycles. The van der Waals surface area contributed by atoms with Crippen LogP contribution in [0, 0.1) is 0 Å². The molecule has 2 heterocycles. The summed E-state index contributed by atoms with van der Waals surface area (Å²) in [6.07, 6.45) is 1.90. The zero-order valence-electron chi connectivity index (χ0n) is 15.5. The van der Waals surface area contributed by atoms with E-state index in [1.54, 1.807) is 13.8 Å². The standard InChI is InChI=1S/C16H25N5O4S/c1-5-21(6-2)26(23,24)13-7-8-16(22)20(10-13)11-15-18-14(19-25-15)9-12(3)17-4/h7-8,10,12,17H,5-6,9,11H2,1-4H3. The van der Waals surface area contributed by atoms with E-state index < -0.39 is 10.0 Å². The van der Waals surface area contributed by atoms with Crippen molar-refractivity contribution >= 4 is 10.0 Å². The summed E-state index contributed by atoms with van der Waals surface area (Å²) in [5.41, 5.74) is -0.341. The number of likely N-dealkylation sites (N-methyl/N-ethyl adjacent to an activating group) is 1. The quantitative estimate of drug-likeness (QED) is 0.670. The van der Waals surface area contributed by atoms with Crippen molar-refractivity contribution in [1.29, 1.82) is 0 Å². The maximum absolute atomic E-state index is 12.6. The van der Waals surface area contributed by atoms with Crippen LogP contribution in [-0.2, 0) is 23.0 Å². The van der Waals surface area contributed by atoms with Crippen LogP contribution in [-0.4, -0.2) is 53.6 Å². The summed E-state index contributed by atoms with van der Waals surface area (Å²) in [5, 5.41) is 6.97. The van der Waals surface area contributed by atoms with Crippen LogP contribution in [0.3, 0.4) is 0 Å². The molecule has 0 amide bonds. The summed E-state index contributed by atoms with van der Waals surface area (Å²) in [6, 6.07) is 2.74. The van der Waals surface area contributed by atoms with Crippen molar-refractivity contribution in [2.75, 3.05) is 20.1 Å². The van der Waals surface area contributed by atoms with Crippen LogP contribution < -0.4 is 10.9 Å². The fraction of sp³-hybridized carbons (Fsp3) is 0.562. The predicted octanol–water partition coefficient (Wildman–Crippen LogP) is 0.461. The van der Waals surface area contributed by atoms with Crippen molar-refractivity contribution < 1.29 is 12.9 Å². The number of pyridine rings is 1. The van der Waals surface area contributed by atoms with Gasteiger partial charge >= 0.3 is 0 Å². The molecule has 0 aromatic carbocycles. The Hall–Kier alpha value is -2.04. The van der Waals surface area contributed by atoms with Gasteiger partial charge in [-0.05, 0) is 20.0 Å². The summed E-state index contributed by atoms with van der Waals surface area (Å²) >= 11 is 0. The van der Waals surface area contributed by atoms with E-state index in [1.165, 1.54) is 27.2 Å². The molecule has 2 rings (SSSR count). The second kappa shape index (κ2) is 8.56. The summed E-state index contributed by atoms with van der Waals surface area (Å²) in [6.45, 7) is 6.25. The van der Waals surface area contributed by atoms with E-state index in [0.717, 1.165) is 0 Å². The molecule has 0 saturated heterocycles. The van der Waals surface area contributed by atoms with Gasteiger partial charge in [0.25, 0.3) is 5.56 Å². The number of aromatic nitrogens is 3. The smallest absolute Gasteiger partial charge is 0.251 e. The van der Waals surface area contributed by atoms with Crippen LogP contribution in [0.5, 0.6) is 0 Å². The van der Waals surface area contributed by atoms with E-state index in [0.29, 0.717) is 25.3 Å². The van der Waals surface area contributed by atoms with Crippen molar-refractivity contribution in [3.8, 4) is 0 Å². The number of sulfonamides is 1. The Balaban J connectivity index is 2.27. The number of rotatable bonds is 9. The molecule has 0 bridgehead atoms. The maximum atomic E-state index is 12.6. The van der Waals surface area contributed by atoms with Crippen LogP contribution in [0.25, 0.3) is 0 Å². The summed E-state index contributed by atoms with van der Waals surface area (Å²) in [5.74, 6) is 0.782. The Morgan fingerprint density at radius 2 is 2.00 bits per heavy atom. The summed E-state index contributed by atoms with van der Waals surface area (Å²) in [7, 11) is -1.81. The minimum absolute atomic E-state index is 0.0153. The molecule has 0 fully saturated rings. The van der Waals surface area contributed by atoms with Gasteiger partial charge in [0, 0.05) is 37.8 Å². The molecule has 2 aromatic rings. The van der Waals surface area contributed by atoms with Crippen molar-refractivity contribution in [2.45, 2.75) is 44.7 Å². The number of hydrogen-bond donors (Lipinski definition) is 1. The number of nitrogens with zero attached hydrogens (tertiary/aromatic N) is 4. The fourth-order valence-corrected chi connectivity index (χ4v) is 3.94. The molecule has 144 valence electrons. The third-order valence-corrected chi connectivity index (χ3v) is 6.13. The van der Waals surface area contributed by atoms with Gasteiger partial charge in [-0.1, -0.05) is 19.0 Å². The van der Waals surface area contributed by atoms with E-state index in [4.69, 9.17) is 4.52 Å². The lowest BCUT2D eigenvalue weighted by Gasteiger charge is -2.18. The van der Waals surface area contributed by atoms with Gasteiger partial charge in [-0.3, -0.25) is 4.79 Å². The first kappa shape index (κ1) is 20.3. The molecule has 1 N–H and O–H groups in total. The highest BCUT2D eigenvalue weighted by molar-refractivity contribution is 7.89. The van der Waals surface area contributed by atoms with Gasteiger partial charge in [-0.2, -0.15) is 9.29 Å². The Morgan fingerprint density at radius 3 is 2.62 bits per heavy atom. The Bertz CT molecular complexity index is 886. The second-order valence-corrected chi connectivity index (χ2v) is 7.86. The van der Waals surface area contributed by atoms with Gasteiger partial charge in [0.1, 0.15) is 6.54 Å². The Labute approximate surface area is 153 Å². The fourth-order valence-electron chi connectivity index (χ4n) is 2.46. The van der Waals surface area contributed by atoms with Crippen molar-refractivity contribution in [3.63, 3.8) is 0 Å². The van der Waals surface area contributed by atoms with Crippen LogP contribution in [0.15, 0.2) is 32.5 Å². The van der Waals surface area contributed by atoms with Gasteiger partial charge in [0.2, 0.25) is 15.9 Å². The van der Waals surface area contributed by atoms with E-state index in [-0.39, 0.29) is 28.9 Å². The van der Waals surface area contributed by atoms with Gasteiger partial charge in [0.15, 0.2) is 5.82 Å². The second-order valence-electron chi connectivity index (χ2n) is 5.92. The summed E-state index contributed by atoms with van der Waals surface area (Å²) < 4.78 is 33.0. The molecule has 1 atom stereocenters. The zero-order valence-corrected chi connectivity index (χ0v) is 16.3. The maximum Gasteiger partial charge on any atom is 0.251 e. The monoisotopic (exact) mass is 383 g/mol. The lowest BCUT2D eigenvalue weighted by Crippen LogP contribution is -2.32. The molecule has 0 spiro atoms. The Morgan fingerprint density at radius 1 is 1.31 bits per heavy atom. The van der Waals surface area contributed by atoms with E-state index in [9.17, 15) is 13.2 Å². The predicted molar refractivity (Wildman–Crippen MR) is 96.4 cm³/mol. The molecule has 9 nitrogen and oxygen atoms in total. The zero-order chi connectivity index (χ0) is 19.3. The van der Waals surface area contributed by atoms with E-state index in [2.05, 4.69) is 15.5 Å². The van der Waals surface area contributed by atoms with E-state index >= 15 is 0 Å². The summed E-state index contributed by atoms with van der Waals surface area (Å²) in [4.78, 5) is 16.4. The average Bonchev–Trinajstić information content (AvgIpc) is 3.04. The molecular weight excluding hydrogens is 358 g/mol. The number of nitrogens with one attached hydrogen (secondary N) is 1. The molecule has 2 aromatic heterocycles. The molecular formula is C16H25N5O4S. The normalized spacial score (nSPS) is 13.3. The van der Waals surface area contributed by atoms with Crippen LogP contribution in [0.4, 0.5) is 0 Å². The molecule has 1 unspecified atom stereocenters. The average molecular weight is 383 g/mol. The molecule has 0 aliphatic rings. The van der Waals surface area contributed by atoms with Gasteiger partial charge in [-0.15, -0.1) is 0 Å². The largest absolute Gasteiger partial charge is 0.337 e. The first-order valence-corrected chi connectivity index (χ1v) is 9.95. The van der Waals surface area contributed by atoms with Crippen molar-refractivity contribution in [1.82, 2.24) is 24.3 Å². The van der Waals surface area contributed by atoms with E-state index in [1.807, 2.05) is 14.0 Å².